The number of carbonyl (C=O) groups is 1. The second kappa shape index (κ2) is 6.33. The lowest BCUT2D eigenvalue weighted by molar-refractivity contribution is -0.122. The third kappa shape index (κ3) is 4.46. The van der Waals surface area contributed by atoms with E-state index < -0.39 is 0 Å². The van der Waals surface area contributed by atoms with Gasteiger partial charge in [0, 0.05) is 13.0 Å². The molecule has 0 aliphatic heterocycles. The summed E-state index contributed by atoms with van der Waals surface area (Å²) in [6.07, 6.45) is 0.474. The number of aryl methyl sites for hydroxylation is 2. The Labute approximate surface area is 117 Å². The third-order valence-corrected chi connectivity index (χ3v) is 3.40. The van der Waals surface area contributed by atoms with Gasteiger partial charge in [-0.3, -0.25) is 4.79 Å². The molecule has 19 heavy (non-hydrogen) atoms. The van der Waals surface area contributed by atoms with Gasteiger partial charge in [-0.1, -0.05) is 32.9 Å². The van der Waals surface area contributed by atoms with Gasteiger partial charge in [-0.05, 0) is 48.4 Å². The topological polar surface area (TPSA) is 26.3 Å². The van der Waals surface area contributed by atoms with E-state index in [1.54, 1.807) is 0 Å². The van der Waals surface area contributed by atoms with E-state index in [4.69, 9.17) is 4.74 Å². The average Bonchev–Trinajstić information content (AvgIpc) is 2.29. The van der Waals surface area contributed by atoms with Crippen LogP contribution in [0.4, 0.5) is 0 Å². The summed E-state index contributed by atoms with van der Waals surface area (Å²) >= 11 is 0. The Balaban J connectivity index is 2.95. The molecule has 2 heteroatoms. The van der Waals surface area contributed by atoms with Gasteiger partial charge < -0.3 is 4.74 Å². The van der Waals surface area contributed by atoms with Crippen molar-refractivity contribution >= 4 is 5.78 Å². The fraction of sp³-hybridized carbons (Fsp3) is 0.588. The predicted molar refractivity (Wildman–Crippen MR) is 79.8 cm³/mol. The van der Waals surface area contributed by atoms with E-state index in [2.05, 4.69) is 46.8 Å². The van der Waals surface area contributed by atoms with Gasteiger partial charge in [0.15, 0.2) is 5.78 Å². The minimum atomic E-state index is 0.142. The highest BCUT2D eigenvalue weighted by atomic mass is 16.5. The Kier molecular flexibility index (Phi) is 5.30. The molecule has 0 aliphatic carbocycles. The van der Waals surface area contributed by atoms with Crippen LogP contribution in [0.5, 0.6) is 0 Å². The molecule has 0 bridgehead atoms. The van der Waals surface area contributed by atoms with Gasteiger partial charge in [-0.15, -0.1) is 0 Å². The molecule has 0 radical (unpaired) electrons. The van der Waals surface area contributed by atoms with Gasteiger partial charge in [0.2, 0.25) is 0 Å². The number of carbonyl (C=O) groups excluding carboxylic acids is 1. The van der Waals surface area contributed by atoms with Gasteiger partial charge in [0.1, 0.15) is 6.61 Å². The maximum absolute atomic E-state index is 11.8. The van der Waals surface area contributed by atoms with Crippen molar-refractivity contribution in [1.82, 2.24) is 0 Å². The fourth-order valence-electron chi connectivity index (χ4n) is 2.17. The predicted octanol–water partition coefficient (Wildman–Crippen LogP) is 3.75. The van der Waals surface area contributed by atoms with Gasteiger partial charge >= 0.3 is 0 Å². The highest BCUT2D eigenvalue weighted by molar-refractivity contribution is 5.82. The zero-order valence-corrected chi connectivity index (χ0v) is 13.1. The van der Waals surface area contributed by atoms with E-state index in [0.717, 1.165) is 5.56 Å². The molecular weight excluding hydrogens is 236 g/mol. The van der Waals surface area contributed by atoms with Crippen molar-refractivity contribution in [2.45, 2.75) is 53.4 Å². The van der Waals surface area contributed by atoms with E-state index in [1.807, 2.05) is 6.92 Å². The van der Waals surface area contributed by atoms with E-state index in [1.165, 1.54) is 16.7 Å². The highest BCUT2D eigenvalue weighted by Gasteiger charge is 2.17. The molecule has 0 saturated heterocycles. The molecule has 0 heterocycles. The number of hydrogen-bond donors (Lipinski definition) is 0. The number of Topliss-reactive ketones (excluding diaryl/α,β-unsaturated/α-hetero) is 1. The van der Waals surface area contributed by atoms with Crippen molar-refractivity contribution < 1.29 is 9.53 Å². The van der Waals surface area contributed by atoms with Crippen LogP contribution < -0.4 is 0 Å². The number of rotatable bonds is 5. The van der Waals surface area contributed by atoms with Crippen molar-refractivity contribution in [3.05, 3.63) is 34.4 Å². The molecular formula is C17H26O2. The maximum Gasteiger partial charge on any atom is 0.162 e. The molecule has 1 rings (SSSR count). The Morgan fingerprint density at radius 1 is 1.16 bits per heavy atom. The zero-order chi connectivity index (χ0) is 14.6. The van der Waals surface area contributed by atoms with Crippen molar-refractivity contribution in [1.29, 1.82) is 0 Å². The number of ketones is 1. The number of ether oxygens (including phenoxy) is 1. The van der Waals surface area contributed by atoms with Crippen LogP contribution in [-0.2, 0) is 21.4 Å². The standard InChI is InChI=1S/C17H26O2/c1-7-19-11-15(18)10-16-12(2)8-14(9-13(16)3)17(4,5)6/h8-9H,7,10-11H2,1-6H3. The summed E-state index contributed by atoms with van der Waals surface area (Å²) in [7, 11) is 0. The van der Waals surface area contributed by atoms with Gasteiger partial charge in [0.05, 0.1) is 0 Å². The highest BCUT2D eigenvalue weighted by Crippen LogP contribution is 2.27. The lowest BCUT2D eigenvalue weighted by Crippen LogP contribution is -2.15. The smallest absolute Gasteiger partial charge is 0.162 e. The summed E-state index contributed by atoms with van der Waals surface area (Å²) in [5.74, 6) is 0.150. The van der Waals surface area contributed by atoms with Crippen LogP contribution in [0, 0.1) is 13.8 Å². The largest absolute Gasteiger partial charge is 0.374 e. The molecule has 0 aromatic heterocycles. The summed E-state index contributed by atoms with van der Waals surface area (Å²) < 4.78 is 5.18. The molecule has 0 N–H and O–H groups in total. The zero-order valence-electron chi connectivity index (χ0n) is 13.1. The van der Waals surface area contributed by atoms with E-state index >= 15 is 0 Å². The molecule has 1 aromatic rings. The Morgan fingerprint density at radius 3 is 2.11 bits per heavy atom. The normalized spacial score (nSPS) is 11.7. The fourth-order valence-corrected chi connectivity index (χ4v) is 2.17. The molecule has 0 spiro atoms. The lowest BCUT2D eigenvalue weighted by Gasteiger charge is -2.22. The van der Waals surface area contributed by atoms with Gasteiger partial charge in [-0.2, -0.15) is 0 Å². The molecule has 106 valence electrons. The van der Waals surface area contributed by atoms with Crippen molar-refractivity contribution in [2.75, 3.05) is 13.2 Å². The summed E-state index contributed by atoms with van der Waals surface area (Å²) in [5.41, 5.74) is 5.02. The number of hydrogen-bond acceptors (Lipinski definition) is 2. The van der Waals surface area contributed by atoms with Crippen LogP contribution in [0.3, 0.4) is 0 Å². The molecule has 0 atom stereocenters. The minimum absolute atomic E-state index is 0.142. The molecule has 0 unspecified atom stereocenters. The monoisotopic (exact) mass is 262 g/mol. The lowest BCUT2D eigenvalue weighted by atomic mass is 9.83. The van der Waals surface area contributed by atoms with Crippen LogP contribution in [0.15, 0.2) is 12.1 Å². The first-order valence-corrected chi connectivity index (χ1v) is 6.95. The molecule has 0 aliphatic rings. The third-order valence-electron chi connectivity index (χ3n) is 3.40. The summed E-state index contributed by atoms with van der Waals surface area (Å²) in [4.78, 5) is 11.8. The van der Waals surface area contributed by atoms with Gasteiger partial charge in [-0.25, -0.2) is 0 Å². The maximum atomic E-state index is 11.8. The Bertz CT molecular complexity index is 430. The van der Waals surface area contributed by atoms with Crippen molar-refractivity contribution in [2.24, 2.45) is 0 Å². The Hall–Kier alpha value is -1.15. The van der Waals surface area contributed by atoms with Crippen LogP contribution in [-0.4, -0.2) is 19.0 Å². The average molecular weight is 262 g/mol. The first-order valence-electron chi connectivity index (χ1n) is 6.95. The van der Waals surface area contributed by atoms with E-state index in [0.29, 0.717) is 13.0 Å². The first kappa shape index (κ1) is 15.9. The number of benzene rings is 1. The molecule has 1 aromatic carbocycles. The van der Waals surface area contributed by atoms with Crippen LogP contribution in [0.1, 0.15) is 49.9 Å². The molecule has 0 amide bonds. The minimum Gasteiger partial charge on any atom is -0.374 e. The Morgan fingerprint density at radius 2 is 1.68 bits per heavy atom. The first-order chi connectivity index (χ1) is 8.75. The van der Waals surface area contributed by atoms with Crippen molar-refractivity contribution in [3.8, 4) is 0 Å². The second-order valence-electron chi connectivity index (χ2n) is 6.19. The van der Waals surface area contributed by atoms with Crippen molar-refractivity contribution in [3.63, 3.8) is 0 Å². The second-order valence-corrected chi connectivity index (χ2v) is 6.19. The summed E-state index contributed by atoms with van der Waals surface area (Å²) in [6.45, 7) is 13.5. The van der Waals surface area contributed by atoms with Crippen LogP contribution in [0.25, 0.3) is 0 Å². The quantitative estimate of drug-likeness (QED) is 0.808. The molecule has 0 saturated carbocycles. The van der Waals surface area contributed by atoms with Crippen LogP contribution >= 0.6 is 0 Å². The van der Waals surface area contributed by atoms with E-state index in [9.17, 15) is 4.79 Å². The van der Waals surface area contributed by atoms with Crippen LogP contribution in [0.2, 0.25) is 0 Å². The SMILES string of the molecule is CCOCC(=O)Cc1c(C)cc(C(C)(C)C)cc1C. The summed E-state index contributed by atoms with van der Waals surface area (Å²) in [5, 5.41) is 0. The molecule has 0 fully saturated rings. The van der Waals surface area contributed by atoms with E-state index in [-0.39, 0.29) is 17.8 Å². The molecule has 2 nitrogen and oxygen atoms in total. The summed E-state index contributed by atoms with van der Waals surface area (Å²) in [6, 6.07) is 4.41. The van der Waals surface area contributed by atoms with Gasteiger partial charge in [0.25, 0.3) is 0 Å².